The Morgan fingerprint density at radius 3 is 3.00 bits per heavy atom. The van der Waals surface area contributed by atoms with Crippen molar-refractivity contribution in [2.45, 2.75) is 19.9 Å². The molecule has 0 amide bonds. The van der Waals surface area contributed by atoms with Crippen molar-refractivity contribution in [2.75, 3.05) is 13.7 Å². The van der Waals surface area contributed by atoms with Crippen molar-refractivity contribution < 1.29 is 9.66 Å². The first kappa shape index (κ1) is 13.4. The van der Waals surface area contributed by atoms with Crippen LogP contribution in [0.5, 0.6) is 0 Å². The van der Waals surface area contributed by atoms with Crippen LogP contribution < -0.4 is 5.32 Å². The van der Waals surface area contributed by atoms with E-state index in [-0.39, 0.29) is 11.0 Å². The molecule has 1 aromatic heterocycles. The first-order valence-electron chi connectivity index (χ1n) is 5.10. The Labute approximate surface area is 104 Å². The highest BCUT2D eigenvalue weighted by atomic mass is 32.1. The van der Waals surface area contributed by atoms with Crippen LogP contribution in [0.15, 0.2) is 6.20 Å². The molecular formula is C9H14N4O3S. The van der Waals surface area contributed by atoms with Crippen LogP contribution in [0.2, 0.25) is 0 Å². The van der Waals surface area contributed by atoms with Crippen molar-refractivity contribution in [3.05, 3.63) is 22.1 Å². The molecule has 1 heterocycles. The summed E-state index contributed by atoms with van der Waals surface area (Å²) in [7, 11) is 1.46. The number of hydrogen-bond donors (Lipinski definition) is 1. The number of nitrogens with one attached hydrogen (secondary N) is 1. The van der Waals surface area contributed by atoms with E-state index in [9.17, 15) is 10.1 Å². The topological polar surface area (TPSA) is 82.2 Å². The number of nitrogens with zero attached hydrogens (tertiary/aromatic N) is 3. The third kappa shape index (κ3) is 3.38. The largest absolute Gasteiger partial charge is 0.474 e. The van der Waals surface area contributed by atoms with Crippen molar-refractivity contribution in [1.82, 2.24) is 14.9 Å². The fourth-order valence-corrected chi connectivity index (χ4v) is 1.52. The molecule has 1 rings (SSSR count). The van der Waals surface area contributed by atoms with Crippen LogP contribution >= 0.6 is 12.2 Å². The van der Waals surface area contributed by atoms with E-state index >= 15 is 0 Å². The van der Waals surface area contributed by atoms with E-state index in [1.807, 2.05) is 6.92 Å². The summed E-state index contributed by atoms with van der Waals surface area (Å²) in [6, 6.07) is 0. The van der Waals surface area contributed by atoms with Crippen molar-refractivity contribution in [2.24, 2.45) is 0 Å². The van der Waals surface area contributed by atoms with E-state index in [0.717, 1.165) is 0 Å². The SMILES string of the molecule is CCc1ncc([N+](=O)[O-])n1CCNC(=S)OC. The lowest BCUT2D eigenvalue weighted by atomic mass is 10.4. The van der Waals surface area contributed by atoms with Crippen LogP contribution in [-0.4, -0.2) is 33.3 Å². The predicted molar refractivity (Wildman–Crippen MR) is 65.9 cm³/mol. The Balaban J connectivity index is 2.71. The second kappa shape index (κ2) is 6.14. The first-order valence-corrected chi connectivity index (χ1v) is 5.51. The summed E-state index contributed by atoms with van der Waals surface area (Å²) >= 11 is 4.80. The quantitative estimate of drug-likeness (QED) is 0.479. The highest BCUT2D eigenvalue weighted by Crippen LogP contribution is 2.13. The zero-order chi connectivity index (χ0) is 12.8. The maximum atomic E-state index is 10.8. The van der Waals surface area contributed by atoms with Crippen molar-refractivity contribution in [1.29, 1.82) is 0 Å². The van der Waals surface area contributed by atoms with Gasteiger partial charge in [0.2, 0.25) is 0 Å². The van der Waals surface area contributed by atoms with Crippen LogP contribution in [0.25, 0.3) is 0 Å². The maximum Gasteiger partial charge on any atom is 0.342 e. The molecule has 0 fully saturated rings. The van der Waals surface area contributed by atoms with Crippen LogP contribution in [0, 0.1) is 10.1 Å². The lowest BCUT2D eigenvalue weighted by Gasteiger charge is -2.06. The molecule has 0 spiro atoms. The van der Waals surface area contributed by atoms with Gasteiger partial charge in [0.05, 0.1) is 13.7 Å². The fraction of sp³-hybridized carbons (Fsp3) is 0.556. The average Bonchev–Trinajstić information content (AvgIpc) is 2.71. The molecule has 0 aliphatic heterocycles. The Morgan fingerprint density at radius 2 is 2.47 bits per heavy atom. The van der Waals surface area contributed by atoms with Crippen LogP contribution in [0.1, 0.15) is 12.7 Å². The van der Waals surface area contributed by atoms with E-state index in [4.69, 9.17) is 17.0 Å². The molecule has 1 N–H and O–H groups in total. The molecule has 0 saturated heterocycles. The van der Waals surface area contributed by atoms with Gasteiger partial charge in [-0.25, -0.2) is 9.55 Å². The molecule has 8 heteroatoms. The highest BCUT2D eigenvalue weighted by Gasteiger charge is 2.18. The van der Waals surface area contributed by atoms with Crippen molar-refractivity contribution in [3.63, 3.8) is 0 Å². The van der Waals surface area contributed by atoms with Gasteiger partial charge in [0, 0.05) is 6.42 Å². The summed E-state index contributed by atoms with van der Waals surface area (Å²) < 4.78 is 6.33. The van der Waals surface area contributed by atoms with Crippen LogP contribution in [0.3, 0.4) is 0 Å². The summed E-state index contributed by atoms with van der Waals surface area (Å²) in [5, 5.41) is 13.9. The lowest BCUT2D eigenvalue weighted by Crippen LogP contribution is -2.27. The molecule has 0 aromatic carbocycles. The average molecular weight is 258 g/mol. The van der Waals surface area contributed by atoms with Gasteiger partial charge in [0.1, 0.15) is 12.7 Å². The van der Waals surface area contributed by atoms with E-state index in [1.165, 1.54) is 13.3 Å². The van der Waals surface area contributed by atoms with Gasteiger partial charge in [-0.05, 0) is 17.1 Å². The molecule has 0 atom stereocenters. The number of aryl methyl sites for hydroxylation is 1. The Bertz CT molecular complexity index is 418. The molecule has 7 nitrogen and oxygen atoms in total. The minimum absolute atomic E-state index is 0.00742. The zero-order valence-corrected chi connectivity index (χ0v) is 10.5. The normalized spacial score (nSPS) is 10.0. The number of methoxy groups -OCH3 is 1. The summed E-state index contributed by atoms with van der Waals surface area (Å²) in [6.07, 6.45) is 1.91. The first-order chi connectivity index (χ1) is 8.10. The van der Waals surface area contributed by atoms with Gasteiger partial charge in [-0.1, -0.05) is 6.92 Å². The number of rotatable bonds is 5. The van der Waals surface area contributed by atoms with Crippen molar-refractivity contribution >= 4 is 23.2 Å². The highest BCUT2D eigenvalue weighted by molar-refractivity contribution is 7.80. The molecule has 0 aliphatic rings. The second-order valence-corrected chi connectivity index (χ2v) is 3.58. The maximum absolute atomic E-state index is 10.8. The molecule has 0 unspecified atom stereocenters. The molecule has 1 aromatic rings. The standard InChI is InChI=1S/C9H14N4O3S/c1-3-7-11-6-8(13(14)15)12(7)5-4-10-9(17)16-2/h6H,3-5H2,1-2H3,(H,10,17). The number of nitro groups is 1. The van der Waals surface area contributed by atoms with E-state index in [1.54, 1.807) is 4.57 Å². The molecule has 0 saturated carbocycles. The third-order valence-electron chi connectivity index (χ3n) is 2.21. The minimum Gasteiger partial charge on any atom is -0.474 e. The summed E-state index contributed by atoms with van der Waals surface area (Å²) in [5.74, 6) is 0.675. The van der Waals surface area contributed by atoms with Crippen LogP contribution in [0.4, 0.5) is 5.82 Å². The Hall–Kier alpha value is -1.70. The van der Waals surface area contributed by atoms with E-state index in [2.05, 4.69) is 10.3 Å². The minimum atomic E-state index is -0.444. The van der Waals surface area contributed by atoms with Gasteiger partial charge in [0.25, 0.3) is 5.17 Å². The molecule has 0 aliphatic carbocycles. The lowest BCUT2D eigenvalue weighted by molar-refractivity contribution is -0.392. The van der Waals surface area contributed by atoms with Gasteiger partial charge in [-0.2, -0.15) is 0 Å². The predicted octanol–water partition coefficient (Wildman–Crippen LogP) is 0.875. The number of thiocarbonyl (C=S) groups is 1. The third-order valence-corrected chi connectivity index (χ3v) is 2.52. The van der Waals surface area contributed by atoms with Gasteiger partial charge < -0.3 is 20.2 Å². The van der Waals surface area contributed by atoms with Gasteiger partial charge >= 0.3 is 5.82 Å². The van der Waals surface area contributed by atoms with E-state index < -0.39 is 4.92 Å². The molecule has 0 radical (unpaired) electrons. The smallest absolute Gasteiger partial charge is 0.342 e. The Kier molecular flexibility index (Phi) is 4.83. The van der Waals surface area contributed by atoms with E-state index in [0.29, 0.717) is 25.3 Å². The number of hydrogen-bond acceptors (Lipinski definition) is 5. The molecule has 0 bridgehead atoms. The molecular weight excluding hydrogens is 244 g/mol. The fourth-order valence-electron chi connectivity index (χ4n) is 1.42. The second-order valence-electron chi connectivity index (χ2n) is 3.21. The van der Waals surface area contributed by atoms with Gasteiger partial charge in [-0.15, -0.1) is 0 Å². The Morgan fingerprint density at radius 1 is 1.76 bits per heavy atom. The summed E-state index contributed by atoms with van der Waals surface area (Å²) in [6.45, 7) is 2.77. The zero-order valence-electron chi connectivity index (χ0n) is 9.67. The number of aromatic nitrogens is 2. The number of ether oxygens (including phenoxy) is 1. The van der Waals surface area contributed by atoms with Gasteiger partial charge in [0.15, 0.2) is 5.82 Å². The monoisotopic (exact) mass is 258 g/mol. The van der Waals surface area contributed by atoms with Crippen LogP contribution in [-0.2, 0) is 17.7 Å². The molecule has 17 heavy (non-hydrogen) atoms. The van der Waals surface area contributed by atoms with Gasteiger partial charge in [-0.3, -0.25) is 0 Å². The number of imidazole rings is 1. The van der Waals surface area contributed by atoms with Crippen molar-refractivity contribution in [3.8, 4) is 0 Å². The summed E-state index contributed by atoms with van der Waals surface area (Å²) in [4.78, 5) is 14.3. The molecule has 94 valence electrons. The summed E-state index contributed by atoms with van der Waals surface area (Å²) in [5.41, 5.74) is 0.